The molecular weight excluding hydrogens is 378 g/mol. The molecule has 1 aliphatic rings. The second-order valence-electron chi connectivity index (χ2n) is 6.94. The van der Waals surface area contributed by atoms with E-state index in [1.54, 1.807) is 0 Å². The SMILES string of the molecule is CC(C)(C)C1[C@@H](NC(=O)c2nc(Br)cnc2N)CCCN1C(=O)O. The Balaban J connectivity index is 2.27. The van der Waals surface area contributed by atoms with Gasteiger partial charge in [-0.2, -0.15) is 0 Å². The molecule has 0 bridgehead atoms. The van der Waals surface area contributed by atoms with Crippen molar-refractivity contribution < 1.29 is 14.7 Å². The van der Waals surface area contributed by atoms with E-state index in [1.165, 1.54) is 11.1 Å². The van der Waals surface area contributed by atoms with Crippen molar-refractivity contribution in [2.75, 3.05) is 12.3 Å². The van der Waals surface area contributed by atoms with Gasteiger partial charge in [-0.15, -0.1) is 0 Å². The van der Waals surface area contributed by atoms with E-state index in [1.807, 2.05) is 20.8 Å². The van der Waals surface area contributed by atoms with E-state index in [-0.39, 0.29) is 29.0 Å². The molecule has 1 unspecified atom stereocenters. The summed E-state index contributed by atoms with van der Waals surface area (Å²) in [6.45, 7) is 6.35. The summed E-state index contributed by atoms with van der Waals surface area (Å²) in [5.74, 6) is -0.415. The number of carboxylic acid groups (broad SMARTS) is 1. The first-order valence-corrected chi connectivity index (χ1v) is 8.49. The van der Waals surface area contributed by atoms with Crippen LogP contribution in [0.4, 0.5) is 10.6 Å². The van der Waals surface area contributed by atoms with Crippen molar-refractivity contribution in [1.29, 1.82) is 0 Å². The first-order valence-electron chi connectivity index (χ1n) is 7.69. The van der Waals surface area contributed by atoms with Crippen molar-refractivity contribution in [3.05, 3.63) is 16.5 Å². The smallest absolute Gasteiger partial charge is 0.407 e. The molecule has 132 valence electrons. The molecule has 2 atom stereocenters. The van der Waals surface area contributed by atoms with E-state index in [9.17, 15) is 14.7 Å². The maximum absolute atomic E-state index is 12.6. The zero-order valence-corrected chi connectivity index (χ0v) is 15.5. The van der Waals surface area contributed by atoms with Gasteiger partial charge in [0.25, 0.3) is 5.91 Å². The average molecular weight is 400 g/mol. The summed E-state index contributed by atoms with van der Waals surface area (Å²) in [5.41, 5.74) is 5.44. The molecule has 24 heavy (non-hydrogen) atoms. The van der Waals surface area contributed by atoms with Crippen molar-refractivity contribution in [3.63, 3.8) is 0 Å². The average Bonchev–Trinajstić information content (AvgIpc) is 2.48. The molecule has 0 aliphatic carbocycles. The molecule has 0 radical (unpaired) electrons. The zero-order chi connectivity index (χ0) is 18.1. The van der Waals surface area contributed by atoms with Crippen molar-refractivity contribution in [2.24, 2.45) is 5.41 Å². The standard InChI is InChI=1S/C15H22BrN5O3/c1-15(2,3)11-8(5-4-6-21(11)14(23)24)19-13(22)10-12(17)18-7-9(16)20-10/h7-8,11H,4-6H2,1-3H3,(H2,17,18)(H,19,22)(H,23,24)/t8-,11?/m0/s1. The van der Waals surface area contributed by atoms with Crippen LogP contribution in [0.3, 0.4) is 0 Å². The van der Waals surface area contributed by atoms with Gasteiger partial charge in [-0.05, 0) is 34.2 Å². The van der Waals surface area contributed by atoms with E-state index in [4.69, 9.17) is 5.73 Å². The van der Waals surface area contributed by atoms with Gasteiger partial charge in [0.1, 0.15) is 4.60 Å². The molecule has 0 spiro atoms. The highest BCUT2D eigenvalue weighted by molar-refractivity contribution is 9.10. The molecule has 1 aliphatic heterocycles. The summed E-state index contributed by atoms with van der Waals surface area (Å²) in [6, 6.07) is -0.656. The number of nitrogens with one attached hydrogen (secondary N) is 1. The summed E-state index contributed by atoms with van der Waals surface area (Å²) >= 11 is 3.17. The van der Waals surface area contributed by atoms with Crippen LogP contribution < -0.4 is 11.1 Å². The fraction of sp³-hybridized carbons (Fsp3) is 0.600. The number of amides is 2. The van der Waals surface area contributed by atoms with Crippen LogP contribution in [-0.4, -0.2) is 50.6 Å². The molecular formula is C15H22BrN5O3. The van der Waals surface area contributed by atoms with Crippen molar-refractivity contribution in [2.45, 2.75) is 45.7 Å². The number of anilines is 1. The van der Waals surface area contributed by atoms with E-state index in [2.05, 4.69) is 31.2 Å². The van der Waals surface area contributed by atoms with Crippen molar-refractivity contribution >= 4 is 33.7 Å². The fourth-order valence-electron chi connectivity index (χ4n) is 3.21. The molecule has 0 aromatic carbocycles. The Hall–Kier alpha value is -1.90. The molecule has 1 aromatic heterocycles. The molecule has 0 saturated carbocycles. The number of halogens is 1. The van der Waals surface area contributed by atoms with Gasteiger partial charge in [0, 0.05) is 6.54 Å². The highest BCUT2D eigenvalue weighted by atomic mass is 79.9. The lowest BCUT2D eigenvalue weighted by Crippen LogP contribution is -2.61. The highest BCUT2D eigenvalue weighted by Crippen LogP contribution is 2.32. The summed E-state index contributed by atoms with van der Waals surface area (Å²) in [7, 11) is 0. The fourth-order valence-corrected chi connectivity index (χ4v) is 3.49. The number of hydrogen-bond acceptors (Lipinski definition) is 5. The zero-order valence-electron chi connectivity index (χ0n) is 13.9. The van der Waals surface area contributed by atoms with Crippen molar-refractivity contribution in [1.82, 2.24) is 20.2 Å². The number of nitrogen functional groups attached to an aromatic ring is 1. The van der Waals surface area contributed by atoms with Gasteiger partial charge < -0.3 is 21.1 Å². The van der Waals surface area contributed by atoms with Gasteiger partial charge >= 0.3 is 6.09 Å². The van der Waals surface area contributed by atoms with Crippen LogP contribution in [0.1, 0.15) is 44.1 Å². The number of nitrogens with zero attached hydrogens (tertiary/aromatic N) is 3. The molecule has 2 amide bonds. The Morgan fingerprint density at radius 3 is 2.71 bits per heavy atom. The Labute approximate surface area is 149 Å². The van der Waals surface area contributed by atoms with Crippen LogP contribution in [0.25, 0.3) is 0 Å². The van der Waals surface area contributed by atoms with Crippen molar-refractivity contribution in [3.8, 4) is 0 Å². The van der Waals surface area contributed by atoms with Crippen LogP contribution in [0.2, 0.25) is 0 Å². The minimum atomic E-state index is -0.976. The third-order valence-electron chi connectivity index (χ3n) is 4.07. The summed E-state index contributed by atoms with van der Waals surface area (Å²) in [5, 5.41) is 12.4. The number of piperidine rings is 1. The molecule has 1 fully saturated rings. The number of carbonyl (C=O) groups excluding carboxylic acids is 1. The maximum atomic E-state index is 12.6. The molecule has 1 saturated heterocycles. The van der Waals surface area contributed by atoms with Crippen LogP contribution in [-0.2, 0) is 0 Å². The minimum absolute atomic E-state index is 0.0319. The second-order valence-corrected chi connectivity index (χ2v) is 7.75. The van der Waals surface area contributed by atoms with Gasteiger partial charge in [0.2, 0.25) is 0 Å². The third kappa shape index (κ3) is 3.95. The van der Waals surface area contributed by atoms with E-state index >= 15 is 0 Å². The molecule has 1 aromatic rings. The number of aromatic nitrogens is 2. The highest BCUT2D eigenvalue weighted by Gasteiger charge is 2.42. The Morgan fingerprint density at radius 2 is 2.12 bits per heavy atom. The van der Waals surface area contributed by atoms with Gasteiger partial charge in [0.15, 0.2) is 11.5 Å². The lowest BCUT2D eigenvalue weighted by Gasteiger charge is -2.46. The van der Waals surface area contributed by atoms with Gasteiger partial charge in [-0.25, -0.2) is 14.8 Å². The molecule has 2 heterocycles. The number of carbonyl (C=O) groups is 2. The topological polar surface area (TPSA) is 121 Å². The molecule has 9 heteroatoms. The van der Waals surface area contributed by atoms with Crippen LogP contribution >= 0.6 is 15.9 Å². The first-order chi connectivity index (χ1) is 11.1. The number of likely N-dealkylation sites (tertiary alicyclic amines) is 1. The Bertz CT molecular complexity index is 646. The molecule has 2 rings (SSSR count). The van der Waals surface area contributed by atoms with E-state index < -0.39 is 12.0 Å². The normalized spacial score (nSPS) is 21.4. The van der Waals surface area contributed by atoms with E-state index in [0.29, 0.717) is 24.0 Å². The number of hydrogen-bond donors (Lipinski definition) is 3. The van der Waals surface area contributed by atoms with E-state index in [0.717, 1.165) is 0 Å². The quantitative estimate of drug-likeness (QED) is 0.699. The number of rotatable bonds is 2. The summed E-state index contributed by atoms with van der Waals surface area (Å²) in [4.78, 5) is 33.5. The number of nitrogens with two attached hydrogens (primary N) is 1. The van der Waals surface area contributed by atoms with Crippen LogP contribution in [0.15, 0.2) is 10.8 Å². The minimum Gasteiger partial charge on any atom is -0.465 e. The largest absolute Gasteiger partial charge is 0.465 e. The second kappa shape index (κ2) is 6.92. The van der Waals surface area contributed by atoms with Crippen LogP contribution in [0, 0.1) is 5.41 Å². The molecule has 4 N–H and O–H groups in total. The van der Waals surface area contributed by atoms with Gasteiger partial charge in [0.05, 0.1) is 18.3 Å². The summed E-state index contributed by atoms with van der Waals surface area (Å²) in [6.07, 6.45) is 1.81. The first kappa shape index (κ1) is 18.4. The maximum Gasteiger partial charge on any atom is 0.407 e. The predicted octanol–water partition coefficient (Wildman–Crippen LogP) is 2.11. The third-order valence-corrected chi connectivity index (χ3v) is 4.45. The summed E-state index contributed by atoms with van der Waals surface area (Å²) < 4.78 is 0.407. The van der Waals surface area contributed by atoms with Gasteiger partial charge in [-0.3, -0.25) is 4.79 Å². The lowest BCUT2D eigenvalue weighted by atomic mass is 9.77. The van der Waals surface area contributed by atoms with Gasteiger partial charge in [-0.1, -0.05) is 20.8 Å². The Morgan fingerprint density at radius 1 is 1.46 bits per heavy atom. The Kier molecular flexibility index (Phi) is 5.32. The van der Waals surface area contributed by atoms with Crippen LogP contribution in [0.5, 0.6) is 0 Å². The lowest BCUT2D eigenvalue weighted by molar-refractivity contribution is 0.0358. The predicted molar refractivity (Wildman–Crippen MR) is 92.6 cm³/mol. The molecule has 8 nitrogen and oxygen atoms in total. The monoisotopic (exact) mass is 399 g/mol.